The molecule has 0 spiro atoms. The standard InChI is InChI=1S/C8H8ClN3O2S/c1-4-2-3-5(13)12(4)7(14)6-10-11-8(9)15-6/h4H,2-3H2,1H3. The highest BCUT2D eigenvalue weighted by molar-refractivity contribution is 7.17. The molecule has 1 aliphatic rings. The van der Waals surface area contributed by atoms with Crippen molar-refractivity contribution >= 4 is 34.8 Å². The summed E-state index contributed by atoms with van der Waals surface area (Å²) in [5.41, 5.74) is 0. The largest absolute Gasteiger partial charge is 0.291 e. The molecule has 7 heteroatoms. The van der Waals surface area contributed by atoms with Crippen LogP contribution in [0.5, 0.6) is 0 Å². The zero-order valence-corrected chi connectivity index (χ0v) is 9.51. The molecule has 1 aromatic heterocycles. The highest BCUT2D eigenvalue weighted by Gasteiger charge is 2.34. The van der Waals surface area contributed by atoms with Crippen molar-refractivity contribution in [2.45, 2.75) is 25.8 Å². The highest BCUT2D eigenvalue weighted by Crippen LogP contribution is 2.23. The number of likely N-dealkylation sites (tertiary alicyclic amines) is 1. The number of hydrogen-bond donors (Lipinski definition) is 0. The number of aromatic nitrogens is 2. The van der Waals surface area contributed by atoms with E-state index in [-0.39, 0.29) is 21.4 Å². The Morgan fingerprint density at radius 1 is 1.60 bits per heavy atom. The summed E-state index contributed by atoms with van der Waals surface area (Å²) >= 11 is 6.56. The van der Waals surface area contributed by atoms with Crippen LogP contribution in [0.15, 0.2) is 0 Å². The summed E-state index contributed by atoms with van der Waals surface area (Å²) in [5, 5.41) is 7.33. The number of imide groups is 1. The molecule has 1 fully saturated rings. The van der Waals surface area contributed by atoms with Gasteiger partial charge < -0.3 is 0 Å². The first-order valence-corrected chi connectivity index (χ1v) is 5.64. The predicted molar refractivity (Wildman–Crippen MR) is 54.8 cm³/mol. The van der Waals surface area contributed by atoms with Crippen molar-refractivity contribution < 1.29 is 9.59 Å². The minimum absolute atomic E-state index is 0.0623. The zero-order chi connectivity index (χ0) is 11.0. The normalized spacial score (nSPS) is 21.1. The van der Waals surface area contributed by atoms with Crippen LogP contribution in [0.25, 0.3) is 0 Å². The van der Waals surface area contributed by atoms with Gasteiger partial charge >= 0.3 is 0 Å². The molecule has 0 saturated carbocycles. The average Bonchev–Trinajstić information content (AvgIpc) is 2.73. The van der Waals surface area contributed by atoms with Gasteiger partial charge in [0, 0.05) is 12.5 Å². The van der Waals surface area contributed by atoms with Crippen LogP contribution in [0.3, 0.4) is 0 Å². The number of rotatable bonds is 1. The summed E-state index contributed by atoms with van der Waals surface area (Å²) in [6.07, 6.45) is 1.12. The van der Waals surface area contributed by atoms with Crippen molar-refractivity contribution in [1.82, 2.24) is 15.1 Å². The molecule has 0 aliphatic carbocycles. The molecule has 0 N–H and O–H groups in total. The molecule has 0 aromatic carbocycles. The lowest BCUT2D eigenvalue weighted by Gasteiger charge is -2.17. The van der Waals surface area contributed by atoms with Crippen LogP contribution in [0, 0.1) is 0 Å². The van der Waals surface area contributed by atoms with Gasteiger partial charge in [-0.3, -0.25) is 14.5 Å². The van der Waals surface area contributed by atoms with Crippen LogP contribution in [0.1, 0.15) is 29.6 Å². The fourth-order valence-electron chi connectivity index (χ4n) is 1.54. The molecule has 1 aromatic rings. The fraction of sp³-hybridized carbons (Fsp3) is 0.500. The number of halogens is 1. The third kappa shape index (κ3) is 1.87. The molecule has 0 radical (unpaired) electrons. The molecule has 1 saturated heterocycles. The van der Waals surface area contributed by atoms with E-state index in [1.165, 1.54) is 4.90 Å². The Morgan fingerprint density at radius 3 is 2.80 bits per heavy atom. The summed E-state index contributed by atoms with van der Waals surface area (Å²) in [6.45, 7) is 1.84. The van der Waals surface area contributed by atoms with Gasteiger partial charge in [-0.05, 0) is 24.9 Å². The number of amides is 2. The van der Waals surface area contributed by atoms with E-state index in [4.69, 9.17) is 11.6 Å². The first kappa shape index (κ1) is 10.5. The lowest BCUT2D eigenvalue weighted by Crippen LogP contribution is -2.37. The molecule has 1 aliphatic heterocycles. The van der Waals surface area contributed by atoms with Crippen LogP contribution in [-0.2, 0) is 4.79 Å². The second-order valence-electron chi connectivity index (χ2n) is 3.32. The van der Waals surface area contributed by atoms with E-state index in [0.717, 1.165) is 11.3 Å². The van der Waals surface area contributed by atoms with Gasteiger partial charge in [0.05, 0.1) is 0 Å². The SMILES string of the molecule is CC1CCC(=O)N1C(=O)c1nnc(Cl)s1. The minimum atomic E-state index is -0.394. The Labute approximate surface area is 95.0 Å². The molecule has 1 atom stereocenters. The third-order valence-electron chi connectivity index (χ3n) is 2.29. The van der Waals surface area contributed by atoms with Gasteiger partial charge in [0.25, 0.3) is 5.91 Å². The van der Waals surface area contributed by atoms with E-state index in [1.54, 1.807) is 0 Å². The maximum absolute atomic E-state index is 11.8. The highest BCUT2D eigenvalue weighted by atomic mass is 35.5. The van der Waals surface area contributed by atoms with Gasteiger partial charge in [-0.25, -0.2) is 0 Å². The average molecular weight is 246 g/mol. The molecule has 2 rings (SSSR count). The summed E-state index contributed by atoms with van der Waals surface area (Å²) in [5.74, 6) is -0.548. The molecule has 80 valence electrons. The molecule has 5 nitrogen and oxygen atoms in total. The van der Waals surface area contributed by atoms with E-state index in [9.17, 15) is 9.59 Å². The monoisotopic (exact) mass is 245 g/mol. The van der Waals surface area contributed by atoms with Crippen LogP contribution in [-0.4, -0.2) is 33.0 Å². The molecule has 1 unspecified atom stereocenters. The lowest BCUT2D eigenvalue weighted by atomic mass is 10.2. The Balaban J connectivity index is 2.24. The van der Waals surface area contributed by atoms with Crippen molar-refractivity contribution in [2.75, 3.05) is 0 Å². The number of hydrogen-bond acceptors (Lipinski definition) is 5. The van der Waals surface area contributed by atoms with Crippen molar-refractivity contribution in [1.29, 1.82) is 0 Å². The van der Waals surface area contributed by atoms with Gasteiger partial charge in [-0.2, -0.15) is 0 Å². The summed E-state index contributed by atoms with van der Waals surface area (Å²) in [7, 11) is 0. The van der Waals surface area contributed by atoms with Crippen molar-refractivity contribution in [2.24, 2.45) is 0 Å². The Hall–Kier alpha value is -1.01. The Bertz CT molecular complexity index is 420. The molecular formula is C8H8ClN3O2S. The number of carbonyl (C=O) groups excluding carboxylic acids is 2. The van der Waals surface area contributed by atoms with Crippen LogP contribution in [0.2, 0.25) is 4.47 Å². The molecule has 2 heterocycles. The second kappa shape index (κ2) is 3.86. The first-order chi connectivity index (χ1) is 7.09. The summed E-state index contributed by atoms with van der Waals surface area (Å²) < 4.78 is 0.206. The number of carbonyl (C=O) groups is 2. The maximum atomic E-state index is 11.8. The molecule has 2 amide bonds. The minimum Gasteiger partial charge on any atom is -0.274 e. The van der Waals surface area contributed by atoms with Crippen LogP contribution in [0.4, 0.5) is 0 Å². The second-order valence-corrected chi connectivity index (χ2v) is 4.88. The lowest BCUT2D eigenvalue weighted by molar-refractivity contribution is -0.126. The number of nitrogens with zero attached hydrogens (tertiary/aromatic N) is 3. The van der Waals surface area contributed by atoms with E-state index in [0.29, 0.717) is 12.8 Å². The Morgan fingerprint density at radius 2 is 2.33 bits per heavy atom. The Kier molecular flexibility index (Phi) is 2.70. The smallest absolute Gasteiger partial charge is 0.274 e. The van der Waals surface area contributed by atoms with E-state index in [1.807, 2.05) is 6.92 Å². The summed E-state index contributed by atoms with van der Waals surface area (Å²) in [6, 6.07) is -0.0623. The molecule has 15 heavy (non-hydrogen) atoms. The van der Waals surface area contributed by atoms with Gasteiger partial charge in [0.2, 0.25) is 15.4 Å². The third-order valence-corrected chi connectivity index (χ3v) is 3.29. The quantitative estimate of drug-likeness (QED) is 0.701. The van der Waals surface area contributed by atoms with Crippen LogP contribution >= 0.6 is 22.9 Å². The molecule has 0 bridgehead atoms. The van der Waals surface area contributed by atoms with E-state index in [2.05, 4.69) is 10.2 Å². The van der Waals surface area contributed by atoms with Crippen molar-refractivity contribution in [3.05, 3.63) is 9.47 Å². The van der Waals surface area contributed by atoms with Gasteiger partial charge in [0.15, 0.2) is 0 Å². The van der Waals surface area contributed by atoms with E-state index < -0.39 is 5.91 Å². The van der Waals surface area contributed by atoms with Gasteiger partial charge in [-0.15, -0.1) is 10.2 Å². The van der Waals surface area contributed by atoms with E-state index >= 15 is 0 Å². The topological polar surface area (TPSA) is 63.2 Å². The predicted octanol–water partition coefficient (Wildman–Crippen LogP) is 1.34. The van der Waals surface area contributed by atoms with Crippen molar-refractivity contribution in [3.8, 4) is 0 Å². The van der Waals surface area contributed by atoms with Crippen LogP contribution < -0.4 is 0 Å². The van der Waals surface area contributed by atoms with Crippen molar-refractivity contribution in [3.63, 3.8) is 0 Å². The van der Waals surface area contributed by atoms with Gasteiger partial charge in [-0.1, -0.05) is 11.3 Å². The van der Waals surface area contributed by atoms with Gasteiger partial charge in [0.1, 0.15) is 0 Å². The fourth-order valence-corrected chi connectivity index (χ4v) is 2.30. The first-order valence-electron chi connectivity index (χ1n) is 4.45. The molecular weight excluding hydrogens is 238 g/mol. The summed E-state index contributed by atoms with van der Waals surface area (Å²) in [4.78, 5) is 24.5. The zero-order valence-electron chi connectivity index (χ0n) is 7.94. The maximum Gasteiger partial charge on any atom is 0.291 e.